The molecule has 0 aliphatic carbocycles. The van der Waals surface area contributed by atoms with E-state index in [-0.39, 0.29) is 0 Å². The lowest BCUT2D eigenvalue weighted by molar-refractivity contribution is 1.11. The second-order valence-corrected chi connectivity index (χ2v) is 15.8. The van der Waals surface area contributed by atoms with Gasteiger partial charge in [0.2, 0.25) is 0 Å². The van der Waals surface area contributed by atoms with Crippen LogP contribution in [0.4, 0.5) is 0 Å². The average molecular weight is 747 g/mol. The molecule has 0 atom stereocenters. The van der Waals surface area contributed by atoms with E-state index in [0.29, 0.717) is 0 Å². The number of hydrogen-bond acceptors (Lipinski definition) is 1. The van der Waals surface area contributed by atoms with Crippen LogP contribution in [0.15, 0.2) is 206 Å². The molecule has 0 radical (unpaired) electrons. The highest BCUT2D eigenvalue weighted by Gasteiger charge is 2.22. The minimum Gasteiger partial charge on any atom is -0.292 e. The Balaban J connectivity index is 1.06. The average Bonchev–Trinajstić information content (AvgIpc) is 3.72. The first-order valence-electron chi connectivity index (χ1n) is 20.4. The summed E-state index contributed by atoms with van der Waals surface area (Å²) in [6.07, 6.45) is 0. The number of imidazole rings is 1. The summed E-state index contributed by atoms with van der Waals surface area (Å²) < 4.78 is 2.37. The zero-order valence-corrected chi connectivity index (χ0v) is 32.0. The van der Waals surface area contributed by atoms with E-state index in [2.05, 4.69) is 211 Å². The predicted octanol–water partition coefficient (Wildman–Crippen LogP) is 15.5. The maximum absolute atomic E-state index is 5.45. The number of fused-ring (bicyclic) bond motifs is 8. The third-order valence-corrected chi connectivity index (χ3v) is 12.7. The van der Waals surface area contributed by atoms with Crippen molar-refractivity contribution >= 4 is 86.4 Å². The van der Waals surface area contributed by atoms with Crippen molar-refractivity contribution in [3.63, 3.8) is 0 Å². The normalized spacial score (nSPS) is 12.1. The fourth-order valence-electron chi connectivity index (χ4n) is 10.2. The summed E-state index contributed by atoms with van der Waals surface area (Å²) in [5.41, 5.74) is 9.29. The highest BCUT2D eigenvalue weighted by atomic mass is 15.1. The van der Waals surface area contributed by atoms with Gasteiger partial charge in [-0.15, -0.1) is 0 Å². The Morgan fingerprint density at radius 2 is 0.814 bits per heavy atom. The van der Waals surface area contributed by atoms with Gasteiger partial charge in [0.15, 0.2) is 0 Å². The van der Waals surface area contributed by atoms with Crippen molar-refractivity contribution in [2.45, 2.75) is 0 Å². The molecule has 0 saturated heterocycles. The van der Waals surface area contributed by atoms with Crippen molar-refractivity contribution in [3.8, 4) is 39.3 Å². The van der Waals surface area contributed by atoms with Gasteiger partial charge in [-0.25, -0.2) is 4.98 Å². The predicted molar refractivity (Wildman–Crippen MR) is 251 cm³/mol. The van der Waals surface area contributed by atoms with Gasteiger partial charge in [-0.1, -0.05) is 194 Å². The Morgan fingerprint density at radius 3 is 1.47 bits per heavy atom. The van der Waals surface area contributed by atoms with E-state index >= 15 is 0 Å². The molecule has 13 rings (SSSR count). The second kappa shape index (κ2) is 12.3. The summed E-state index contributed by atoms with van der Waals surface area (Å²) in [4.78, 5) is 5.45. The third-order valence-electron chi connectivity index (χ3n) is 12.7. The smallest absolute Gasteiger partial charge is 0.145 e. The molecule has 13 aromatic rings. The standard InChI is InChI=1S/C57H34N2/c1-2-13-39(14-3-1)57-58-55-49-23-10-4-17-41(49)42-18-5-11-24-50(42)56(55)59(57)40-31-27-37(28-32-40)52-43-19-6-8-21-45(43)54(46-22-9-7-20-44(46)52)48-34-30-38-26-25-35-15-12-16-36-29-33-47(48)53(38)51(35)36/h1-34H. The molecule has 12 aromatic carbocycles. The highest BCUT2D eigenvalue weighted by Crippen LogP contribution is 2.48. The minimum absolute atomic E-state index is 0.934. The van der Waals surface area contributed by atoms with Crippen LogP contribution in [0, 0.1) is 0 Å². The van der Waals surface area contributed by atoms with Crippen molar-refractivity contribution < 1.29 is 0 Å². The van der Waals surface area contributed by atoms with Crippen LogP contribution in [-0.2, 0) is 0 Å². The Bertz CT molecular complexity index is 3750. The summed E-state index contributed by atoms with van der Waals surface area (Å²) in [5, 5.41) is 17.6. The van der Waals surface area contributed by atoms with E-state index in [0.717, 1.165) is 33.5 Å². The van der Waals surface area contributed by atoms with Crippen LogP contribution in [0.2, 0.25) is 0 Å². The van der Waals surface area contributed by atoms with E-state index in [1.165, 1.54) is 92.3 Å². The molecule has 0 bridgehead atoms. The lowest BCUT2D eigenvalue weighted by Gasteiger charge is -2.20. The van der Waals surface area contributed by atoms with Crippen LogP contribution >= 0.6 is 0 Å². The van der Waals surface area contributed by atoms with E-state index in [1.54, 1.807) is 0 Å². The van der Waals surface area contributed by atoms with E-state index in [9.17, 15) is 0 Å². The largest absolute Gasteiger partial charge is 0.292 e. The van der Waals surface area contributed by atoms with Gasteiger partial charge in [0.25, 0.3) is 0 Å². The van der Waals surface area contributed by atoms with Crippen molar-refractivity contribution in [1.82, 2.24) is 9.55 Å². The molecule has 0 fully saturated rings. The molecule has 0 aliphatic rings. The SMILES string of the molecule is c1ccc(-c2nc3c4ccccc4c4ccccc4c3n2-c2ccc(-c3c4ccccc4c(-c4ccc5ccc6cccc7ccc4c5c67)c4ccccc34)cc2)cc1. The molecule has 2 nitrogen and oxygen atoms in total. The fraction of sp³-hybridized carbons (Fsp3) is 0. The minimum atomic E-state index is 0.934. The molecular weight excluding hydrogens is 713 g/mol. The molecule has 272 valence electrons. The van der Waals surface area contributed by atoms with Gasteiger partial charge in [-0.05, 0) is 99.0 Å². The number of rotatable bonds is 4. The Morgan fingerprint density at radius 1 is 0.305 bits per heavy atom. The molecule has 0 N–H and O–H groups in total. The molecule has 2 heteroatoms. The van der Waals surface area contributed by atoms with E-state index < -0.39 is 0 Å². The van der Waals surface area contributed by atoms with Gasteiger partial charge in [-0.2, -0.15) is 0 Å². The van der Waals surface area contributed by atoms with Gasteiger partial charge in [0.1, 0.15) is 5.82 Å². The van der Waals surface area contributed by atoms with Crippen molar-refractivity contribution in [1.29, 1.82) is 0 Å². The molecule has 59 heavy (non-hydrogen) atoms. The monoisotopic (exact) mass is 746 g/mol. The summed E-state index contributed by atoms with van der Waals surface area (Å²) in [5.74, 6) is 0.934. The Hall–Kier alpha value is -7.81. The van der Waals surface area contributed by atoms with E-state index in [1.807, 2.05) is 0 Å². The summed E-state index contributed by atoms with van der Waals surface area (Å²) in [7, 11) is 0. The van der Waals surface area contributed by atoms with Crippen LogP contribution in [0.5, 0.6) is 0 Å². The van der Waals surface area contributed by atoms with Crippen LogP contribution in [-0.4, -0.2) is 9.55 Å². The molecule has 0 aliphatic heterocycles. The van der Waals surface area contributed by atoms with Gasteiger partial charge in [0, 0.05) is 22.0 Å². The first-order chi connectivity index (χ1) is 29.3. The van der Waals surface area contributed by atoms with Crippen LogP contribution in [0.1, 0.15) is 0 Å². The number of hydrogen-bond donors (Lipinski definition) is 0. The summed E-state index contributed by atoms with van der Waals surface area (Å²) in [6.45, 7) is 0. The zero-order chi connectivity index (χ0) is 38.6. The number of aromatic nitrogens is 2. The van der Waals surface area contributed by atoms with Crippen LogP contribution in [0.3, 0.4) is 0 Å². The summed E-state index contributed by atoms with van der Waals surface area (Å²) in [6, 6.07) is 75.7. The maximum Gasteiger partial charge on any atom is 0.145 e. The van der Waals surface area contributed by atoms with Crippen molar-refractivity contribution in [2.75, 3.05) is 0 Å². The number of benzene rings is 12. The first-order valence-corrected chi connectivity index (χ1v) is 20.4. The third kappa shape index (κ3) is 4.60. The molecule has 1 aromatic heterocycles. The zero-order valence-electron chi connectivity index (χ0n) is 32.0. The maximum atomic E-state index is 5.45. The van der Waals surface area contributed by atoms with Crippen LogP contribution < -0.4 is 0 Å². The Kier molecular flexibility index (Phi) is 6.76. The fourth-order valence-corrected chi connectivity index (χ4v) is 10.2. The van der Waals surface area contributed by atoms with Gasteiger partial charge in [-0.3, -0.25) is 4.57 Å². The Labute approximate surface area is 340 Å². The molecule has 0 spiro atoms. The van der Waals surface area contributed by atoms with Gasteiger partial charge >= 0.3 is 0 Å². The highest BCUT2D eigenvalue weighted by molar-refractivity contribution is 6.29. The lowest BCUT2D eigenvalue weighted by Crippen LogP contribution is -1.98. The molecule has 0 saturated carbocycles. The number of nitrogens with zero attached hydrogens (tertiary/aromatic N) is 2. The topological polar surface area (TPSA) is 17.8 Å². The van der Waals surface area contributed by atoms with E-state index in [4.69, 9.17) is 4.98 Å². The molecule has 0 unspecified atom stereocenters. The van der Waals surface area contributed by atoms with Gasteiger partial charge < -0.3 is 0 Å². The molecule has 0 amide bonds. The summed E-state index contributed by atoms with van der Waals surface area (Å²) >= 11 is 0. The van der Waals surface area contributed by atoms with Crippen LogP contribution in [0.25, 0.3) is 126 Å². The quantitative estimate of drug-likeness (QED) is 0.130. The first kappa shape index (κ1) is 32.3. The van der Waals surface area contributed by atoms with Gasteiger partial charge in [0.05, 0.1) is 11.0 Å². The molecular formula is C57H34N2. The lowest BCUT2D eigenvalue weighted by atomic mass is 9.83. The van der Waals surface area contributed by atoms with Crippen molar-refractivity contribution in [2.24, 2.45) is 0 Å². The molecule has 1 heterocycles. The van der Waals surface area contributed by atoms with Crippen molar-refractivity contribution in [3.05, 3.63) is 206 Å². The second-order valence-electron chi connectivity index (χ2n) is 15.8.